The second-order valence-corrected chi connectivity index (χ2v) is 4.60. The van der Waals surface area contributed by atoms with E-state index < -0.39 is 6.04 Å². The Hall–Kier alpha value is -1.59. The number of rotatable bonds is 2. The number of fused-ring (bicyclic) bond motifs is 1. The lowest BCUT2D eigenvalue weighted by Gasteiger charge is -2.23. The van der Waals surface area contributed by atoms with Crippen LogP contribution in [0.4, 0.5) is 0 Å². The fourth-order valence-electron chi connectivity index (χ4n) is 2.79. The first kappa shape index (κ1) is 11.9. The predicted molar refractivity (Wildman–Crippen MR) is 59.9 cm³/mol. The molecule has 0 radical (unpaired) electrons. The van der Waals surface area contributed by atoms with Gasteiger partial charge in [0.25, 0.3) is 0 Å². The first-order chi connectivity index (χ1) is 8.04. The highest BCUT2D eigenvalue weighted by atomic mass is 16.2. The van der Waals surface area contributed by atoms with Crippen LogP contribution in [0.25, 0.3) is 0 Å². The standard InChI is InChI=1S/C11H17N3O3/c1-6(15)13-8-5-7-3-4-9(10(16)12-2)14(7)11(8)17/h7-9H,3-5H2,1-2H3,(H,12,16)(H,13,15)/t7-,8+,9+/m1/s1. The second-order valence-electron chi connectivity index (χ2n) is 4.60. The van der Waals surface area contributed by atoms with Crippen molar-refractivity contribution in [2.45, 2.75) is 44.3 Å². The summed E-state index contributed by atoms with van der Waals surface area (Å²) < 4.78 is 0. The van der Waals surface area contributed by atoms with Gasteiger partial charge in [-0.05, 0) is 19.3 Å². The number of hydrogen-bond acceptors (Lipinski definition) is 3. The monoisotopic (exact) mass is 239 g/mol. The van der Waals surface area contributed by atoms with E-state index in [0.717, 1.165) is 6.42 Å². The summed E-state index contributed by atoms with van der Waals surface area (Å²) in [5, 5.41) is 5.21. The summed E-state index contributed by atoms with van der Waals surface area (Å²) in [6, 6.07) is -0.720. The Morgan fingerprint density at radius 1 is 1.35 bits per heavy atom. The fourth-order valence-corrected chi connectivity index (χ4v) is 2.79. The zero-order valence-electron chi connectivity index (χ0n) is 10.0. The molecule has 6 nitrogen and oxygen atoms in total. The summed E-state index contributed by atoms with van der Waals surface area (Å²) in [5.41, 5.74) is 0. The maximum atomic E-state index is 12.1. The molecule has 17 heavy (non-hydrogen) atoms. The third kappa shape index (κ3) is 1.99. The molecule has 3 atom stereocenters. The molecule has 0 spiro atoms. The molecule has 2 N–H and O–H groups in total. The van der Waals surface area contributed by atoms with E-state index in [1.165, 1.54) is 6.92 Å². The third-order valence-corrected chi connectivity index (χ3v) is 3.49. The summed E-state index contributed by atoms with van der Waals surface area (Å²) in [6.45, 7) is 1.40. The molecule has 3 amide bonds. The summed E-state index contributed by atoms with van der Waals surface area (Å²) >= 11 is 0. The van der Waals surface area contributed by atoms with Crippen LogP contribution in [0, 0.1) is 0 Å². The van der Waals surface area contributed by atoms with E-state index in [1.807, 2.05) is 0 Å². The van der Waals surface area contributed by atoms with Gasteiger partial charge in [-0.25, -0.2) is 0 Å². The molecular weight excluding hydrogens is 222 g/mol. The molecule has 2 aliphatic rings. The normalized spacial score (nSPS) is 31.3. The Morgan fingerprint density at radius 2 is 2.06 bits per heavy atom. The number of nitrogens with zero attached hydrogens (tertiary/aromatic N) is 1. The van der Waals surface area contributed by atoms with E-state index in [2.05, 4.69) is 10.6 Å². The van der Waals surface area contributed by atoms with E-state index in [-0.39, 0.29) is 29.8 Å². The lowest BCUT2D eigenvalue weighted by Crippen LogP contribution is -2.48. The van der Waals surface area contributed by atoms with Crippen LogP contribution >= 0.6 is 0 Å². The number of amides is 3. The molecule has 0 aromatic heterocycles. The van der Waals surface area contributed by atoms with E-state index in [4.69, 9.17) is 0 Å². The van der Waals surface area contributed by atoms with Gasteiger partial charge in [0.1, 0.15) is 12.1 Å². The molecular formula is C11H17N3O3. The van der Waals surface area contributed by atoms with Crippen molar-refractivity contribution in [1.82, 2.24) is 15.5 Å². The number of carbonyl (C=O) groups excluding carboxylic acids is 3. The van der Waals surface area contributed by atoms with Crippen LogP contribution < -0.4 is 10.6 Å². The minimum Gasteiger partial charge on any atom is -0.357 e. The van der Waals surface area contributed by atoms with E-state index >= 15 is 0 Å². The van der Waals surface area contributed by atoms with Gasteiger partial charge in [-0.2, -0.15) is 0 Å². The highest BCUT2D eigenvalue weighted by Gasteiger charge is 2.49. The number of hydrogen-bond donors (Lipinski definition) is 2. The van der Waals surface area contributed by atoms with Gasteiger partial charge in [-0.3, -0.25) is 14.4 Å². The molecule has 2 aliphatic heterocycles. The van der Waals surface area contributed by atoms with Crippen LogP contribution in [-0.2, 0) is 14.4 Å². The lowest BCUT2D eigenvalue weighted by atomic mass is 10.1. The fraction of sp³-hybridized carbons (Fsp3) is 0.727. The first-order valence-corrected chi connectivity index (χ1v) is 5.85. The Kier molecular flexibility index (Phi) is 3.04. The minimum atomic E-state index is -0.454. The zero-order valence-corrected chi connectivity index (χ0v) is 10.0. The van der Waals surface area contributed by atoms with Crippen molar-refractivity contribution in [3.63, 3.8) is 0 Å². The molecule has 0 unspecified atom stereocenters. The number of nitrogens with one attached hydrogen (secondary N) is 2. The Morgan fingerprint density at radius 3 is 2.65 bits per heavy atom. The van der Waals surface area contributed by atoms with Crippen molar-refractivity contribution in [2.24, 2.45) is 0 Å². The Balaban J connectivity index is 2.10. The lowest BCUT2D eigenvalue weighted by molar-refractivity contribution is -0.138. The molecule has 2 rings (SSSR count). The Labute approximate surface area is 99.7 Å². The molecule has 2 heterocycles. The highest BCUT2D eigenvalue weighted by molar-refractivity contribution is 5.94. The maximum absolute atomic E-state index is 12.1. The average Bonchev–Trinajstić information content (AvgIpc) is 2.80. The van der Waals surface area contributed by atoms with Crippen molar-refractivity contribution in [1.29, 1.82) is 0 Å². The van der Waals surface area contributed by atoms with Crippen molar-refractivity contribution in [2.75, 3.05) is 7.05 Å². The van der Waals surface area contributed by atoms with Crippen molar-refractivity contribution in [3.05, 3.63) is 0 Å². The molecule has 0 aromatic carbocycles. The summed E-state index contributed by atoms with van der Waals surface area (Å²) in [7, 11) is 1.57. The molecule has 94 valence electrons. The van der Waals surface area contributed by atoms with Gasteiger partial charge in [0, 0.05) is 20.0 Å². The van der Waals surface area contributed by atoms with Gasteiger partial charge in [-0.1, -0.05) is 0 Å². The van der Waals surface area contributed by atoms with Crippen molar-refractivity contribution in [3.8, 4) is 0 Å². The van der Waals surface area contributed by atoms with Crippen molar-refractivity contribution >= 4 is 17.7 Å². The molecule has 0 bridgehead atoms. The van der Waals surface area contributed by atoms with Crippen LogP contribution in [0.2, 0.25) is 0 Å². The largest absolute Gasteiger partial charge is 0.357 e. The quantitative estimate of drug-likeness (QED) is 0.649. The molecule has 6 heteroatoms. The first-order valence-electron chi connectivity index (χ1n) is 5.85. The third-order valence-electron chi connectivity index (χ3n) is 3.49. The average molecular weight is 239 g/mol. The minimum absolute atomic E-state index is 0.0987. The summed E-state index contributed by atoms with van der Waals surface area (Å²) in [4.78, 5) is 36.3. The van der Waals surface area contributed by atoms with E-state index in [0.29, 0.717) is 12.8 Å². The molecule has 0 aliphatic carbocycles. The second kappa shape index (κ2) is 4.35. The van der Waals surface area contributed by atoms with E-state index in [1.54, 1.807) is 11.9 Å². The van der Waals surface area contributed by atoms with Gasteiger partial charge in [0.15, 0.2) is 0 Å². The zero-order chi connectivity index (χ0) is 12.6. The van der Waals surface area contributed by atoms with Crippen molar-refractivity contribution < 1.29 is 14.4 Å². The highest BCUT2D eigenvalue weighted by Crippen LogP contribution is 2.33. The Bertz CT molecular complexity index is 369. The smallest absolute Gasteiger partial charge is 0.246 e. The van der Waals surface area contributed by atoms with Gasteiger partial charge < -0.3 is 15.5 Å². The van der Waals surface area contributed by atoms with Gasteiger partial charge >= 0.3 is 0 Å². The van der Waals surface area contributed by atoms with Crippen LogP contribution in [-0.4, -0.2) is 47.8 Å². The summed E-state index contributed by atoms with van der Waals surface area (Å²) in [5.74, 6) is -0.457. The van der Waals surface area contributed by atoms with Crippen LogP contribution in [0.15, 0.2) is 0 Å². The van der Waals surface area contributed by atoms with Gasteiger partial charge in [-0.15, -0.1) is 0 Å². The molecule has 0 saturated carbocycles. The van der Waals surface area contributed by atoms with E-state index in [9.17, 15) is 14.4 Å². The maximum Gasteiger partial charge on any atom is 0.246 e. The summed E-state index contributed by atoms with van der Waals surface area (Å²) in [6.07, 6.45) is 2.16. The molecule has 0 aromatic rings. The van der Waals surface area contributed by atoms with Gasteiger partial charge in [0.05, 0.1) is 0 Å². The van der Waals surface area contributed by atoms with Crippen LogP contribution in [0.3, 0.4) is 0 Å². The van der Waals surface area contributed by atoms with Gasteiger partial charge in [0.2, 0.25) is 17.7 Å². The number of carbonyl (C=O) groups is 3. The number of likely N-dealkylation sites (N-methyl/N-ethyl adjacent to an activating group) is 1. The van der Waals surface area contributed by atoms with Crippen LogP contribution in [0.5, 0.6) is 0 Å². The van der Waals surface area contributed by atoms with Crippen LogP contribution in [0.1, 0.15) is 26.2 Å². The topological polar surface area (TPSA) is 78.5 Å². The SMILES string of the molecule is CNC(=O)[C@@H]1CC[C@@H]2C[C@H](NC(C)=O)C(=O)N21. The predicted octanol–water partition coefficient (Wildman–Crippen LogP) is -1.000. The molecule has 2 saturated heterocycles. The molecule has 2 fully saturated rings.